The van der Waals surface area contributed by atoms with Crippen molar-refractivity contribution in [2.45, 2.75) is 65.3 Å². The van der Waals surface area contributed by atoms with Crippen LogP contribution in [0.3, 0.4) is 0 Å². The number of aliphatic carboxylic acids is 1. The normalized spacial score (nSPS) is 19.9. The molecule has 0 heterocycles. The van der Waals surface area contributed by atoms with Gasteiger partial charge in [0.2, 0.25) is 5.91 Å². The molecule has 0 spiro atoms. The van der Waals surface area contributed by atoms with Gasteiger partial charge in [-0.2, -0.15) is 0 Å². The van der Waals surface area contributed by atoms with Crippen LogP contribution in [0.4, 0.5) is 0 Å². The fraction of sp³-hybridized carbons (Fsp3) is 0.857. The lowest BCUT2D eigenvalue weighted by Gasteiger charge is -2.29. The standard InChI is InChI=1S/C14H25NO3/c1-14(2,3)11(13(17)18)15-12(16)10-8-6-4-5-7-9-10/h10-11H,4-9H2,1-3H3,(H,15,16)(H,17,18)/t11-/m0/s1. The van der Waals surface area contributed by atoms with Crippen molar-refractivity contribution in [2.75, 3.05) is 0 Å². The van der Waals surface area contributed by atoms with Gasteiger partial charge in [0.05, 0.1) is 0 Å². The molecule has 0 aliphatic heterocycles. The number of hydrogen-bond donors (Lipinski definition) is 2. The molecule has 0 aromatic rings. The Kier molecular flexibility index (Phi) is 5.17. The van der Waals surface area contributed by atoms with E-state index in [0.29, 0.717) is 0 Å². The zero-order valence-corrected chi connectivity index (χ0v) is 11.7. The van der Waals surface area contributed by atoms with Gasteiger partial charge in [0.15, 0.2) is 0 Å². The highest BCUT2D eigenvalue weighted by Gasteiger charge is 2.34. The lowest BCUT2D eigenvalue weighted by atomic mass is 9.86. The highest BCUT2D eigenvalue weighted by Crippen LogP contribution is 2.25. The van der Waals surface area contributed by atoms with Crippen LogP contribution < -0.4 is 5.32 Å². The second-order valence-electron chi connectivity index (χ2n) is 6.33. The number of rotatable bonds is 3. The summed E-state index contributed by atoms with van der Waals surface area (Å²) in [7, 11) is 0. The van der Waals surface area contributed by atoms with Crippen molar-refractivity contribution in [3.8, 4) is 0 Å². The molecule has 4 heteroatoms. The van der Waals surface area contributed by atoms with Crippen molar-refractivity contribution in [3.63, 3.8) is 0 Å². The Balaban J connectivity index is 2.63. The van der Waals surface area contributed by atoms with Crippen LogP contribution in [0.2, 0.25) is 0 Å². The second kappa shape index (κ2) is 6.21. The fourth-order valence-electron chi connectivity index (χ4n) is 2.45. The monoisotopic (exact) mass is 255 g/mol. The molecular formula is C14H25NO3. The van der Waals surface area contributed by atoms with Crippen LogP contribution in [0.1, 0.15) is 59.3 Å². The Hall–Kier alpha value is -1.06. The molecule has 1 rings (SSSR count). The number of carbonyl (C=O) groups excluding carboxylic acids is 1. The average molecular weight is 255 g/mol. The van der Waals surface area contributed by atoms with E-state index in [1.54, 1.807) is 0 Å². The number of carboxylic acids is 1. The smallest absolute Gasteiger partial charge is 0.326 e. The molecule has 0 radical (unpaired) electrons. The van der Waals surface area contributed by atoms with Gasteiger partial charge in [-0.25, -0.2) is 4.79 Å². The second-order valence-corrected chi connectivity index (χ2v) is 6.33. The van der Waals surface area contributed by atoms with Crippen LogP contribution in [0.15, 0.2) is 0 Å². The van der Waals surface area contributed by atoms with Crippen LogP contribution in [0, 0.1) is 11.3 Å². The van der Waals surface area contributed by atoms with Gasteiger partial charge in [0.1, 0.15) is 6.04 Å². The van der Waals surface area contributed by atoms with E-state index in [1.165, 1.54) is 12.8 Å². The summed E-state index contributed by atoms with van der Waals surface area (Å²) in [6, 6.07) is -0.812. The summed E-state index contributed by atoms with van der Waals surface area (Å²) in [6.07, 6.45) is 6.30. The molecule has 0 aromatic carbocycles. The van der Waals surface area contributed by atoms with E-state index in [-0.39, 0.29) is 11.8 Å². The zero-order chi connectivity index (χ0) is 13.8. The molecular weight excluding hydrogens is 230 g/mol. The van der Waals surface area contributed by atoms with Crippen molar-refractivity contribution < 1.29 is 14.7 Å². The summed E-state index contributed by atoms with van der Waals surface area (Å²) in [6.45, 7) is 5.50. The maximum Gasteiger partial charge on any atom is 0.326 e. The highest BCUT2D eigenvalue weighted by atomic mass is 16.4. The molecule has 0 aromatic heterocycles. The summed E-state index contributed by atoms with van der Waals surface area (Å²) in [5.41, 5.74) is -0.466. The lowest BCUT2D eigenvalue weighted by molar-refractivity contribution is -0.145. The van der Waals surface area contributed by atoms with Crippen molar-refractivity contribution in [2.24, 2.45) is 11.3 Å². The third-order valence-corrected chi connectivity index (χ3v) is 3.63. The van der Waals surface area contributed by atoms with E-state index in [1.807, 2.05) is 20.8 Å². The molecule has 0 unspecified atom stereocenters. The molecule has 0 bridgehead atoms. The van der Waals surface area contributed by atoms with Crippen LogP contribution >= 0.6 is 0 Å². The lowest BCUT2D eigenvalue weighted by Crippen LogP contribution is -2.50. The van der Waals surface area contributed by atoms with E-state index in [0.717, 1.165) is 25.7 Å². The maximum atomic E-state index is 12.1. The predicted molar refractivity (Wildman–Crippen MR) is 70.2 cm³/mol. The molecule has 4 nitrogen and oxygen atoms in total. The number of carbonyl (C=O) groups is 2. The summed E-state index contributed by atoms with van der Waals surface area (Å²) in [5, 5.41) is 11.9. The third kappa shape index (κ3) is 4.31. The Morgan fingerprint density at radius 3 is 2.00 bits per heavy atom. The first-order valence-corrected chi connectivity index (χ1v) is 6.85. The topological polar surface area (TPSA) is 66.4 Å². The Morgan fingerprint density at radius 1 is 1.11 bits per heavy atom. The summed E-state index contributed by atoms with van der Waals surface area (Å²) in [4.78, 5) is 23.4. The van der Waals surface area contributed by atoms with Crippen molar-refractivity contribution in [3.05, 3.63) is 0 Å². The molecule has 2 N–H and O–H groups in total. The van der Waals surface area contributed by atoms with Gasteiger partial charge in [-0.1, -0.05) is 46.5 Å². The van der Waals surface area contributed by atoms with E-state index in [2.05, 4.69) is 5.32 Å². The van der Waals surface area contributed by atoms with Crippen LogP contribution in [-0.4, -0.2) is 23.0 Å². The maximum absolute atomic E-state index is 12.1. The molecule has 1 aliphatic rings. The van der Waals surface area contributed by atoms with Gasteiger partial charge in [0, 0.05) is 5.92 Å². The number of hydrogen-bond acceptors (Lipinski definition) is 2. The van der Waals surface area contributed by atoms with E-state index in [9.17, 15) is 14.7 Å². The Morgan fingerprint density at radius 2 is 1.61 bits per heavy atom. The Labute approximate surface area is 109 Å². The summed E-state index contributed by atoms with van der Waals surface area (Å²) in [5.74, 6) is -1.04. The van der Waals surface area contributed by atoms with E-state index < -0.39 is 17.4 Å². The first kappa shape index (κ1) is 15.0. The molecule has 1 amide bonds. The van der Waals surface area contributed by atoms with E-state index >= 15 is 0 Å². The van der Waals surface area contributed by atoms with Gasteiger partial charge in [-0.15, -0.1) is 0 Å². The van der Waals surface area contributed by atoms with Gasteiger partial charge in [-0.05, 0) is 18.3 Å². The van der Waals surface area contributed by atoms with Gasteiger partial charge < -0.3 is 10.4 Å². The number of amides is 1. The largest absolute Gasteiger partial charge is 0.480 e. The van der Waals surface area contributed by atoms with Crippen molar-refractivity contribution in [1.82, 2.24) is 5.32 Å². The number of nitrogens with one attached hydrogen (secondary N) is 1. The number of carboxylic acid groups (broad SMARTS) is 1. The molecule has 1 saturated carbocycles. The molecule has 1 atom stereocenters. The van der Waals surface area contributed by atoms with Gasteiger partial charge in [0.25, 0.3) is 0 Å². The minimum absolute atomic E-state index is 0.00306. The third-order valence-electron chi connectivity index (χ3n) is 3.63. The molecule has 104 valence electrons. The van der Waals surface area contributed by atoms with Gasteiger partial charge in [-0.3, -0.25) is 4.79 Å². The fourth-order valence-corrected chi connectivity index (χ4v) is 2.45. The molecule has 1 fully saturated rings. The summed E-state index contributed by atoms with van der Waals surface area (Å²) >= 11 is 0. The van der Waals surface area contributed by atoms with Crippen molar-refractivity contribution in [1.29, 1.82) is 0 Å². The molecule has 18 heavy (non-hydrogen) atoms. The Bertz CT molecular complexity index is 299. The van der Waals surface area contributed by atoms with Crippen LogP contribution in [0.25, 0.3) is 0 Å². The quantitative estimate of drug-likeness (QED) is 0.762. The zero-order valence-electron chi connectivity index (χ0n) is 11.7. The first-order chi connectivity index (χ1) is 8.32. The SMILES string of the molecule is CC(C)(C)[C@@H](NC(=O)C1CCCCCC1)C(=O)O. The first-order valence-electron chi connectivity index (χ1n) is 6.85. The predicted octanol–water partition coefficient (Wildman–Crippen LogP) is 2.57. The minimum Gasteiger partial charge on any atom is -0.480 e. The van der Waals surface area contributed by atoms with E-state index in [4.69, 9.17) is 0 Å². The average Bonchev–Trinajstić information content (AvgIpc) is 2.51. The minimum atomic E-state index is -0.954. The molecule has 0 saturated heterocycles. The van der Waals surface area contributed by atoms with Crippen LogP contribution in [-0.2, 0) is 9.59 Å². The molecule has 1 aliphatic carbocycles. The van der Waals surface area contributed by atoms with Crippen LogP contribution in [0.5, 0.6) is 0 Å². The van der Waals surface area contributed by atoms with Gasteiger partial charge >= 0.3 is 5.97 Å². The summed E-state index contributed by atoms with van der Waals surface area (Å²) < 4.78 is 0. The van der Waals surface area contributed by atoms with Crippen molar-refractivity contribution >= 4 is 11.9 Å². The highest BCUT2D eigenvalue weighted by molar-refractivity contribution is 5.85.